The van der Waals surface area contributed by atoms with Crippen molar-refractivity contribution in [3.8, 4) is 0 Å². The van der Waals surface area contributed by atoms with Crippen LogP contribution in [0, 0.1) is 0 Å². The van der Waals surface area contributed by atoms with E-state index in [1.54, 1.807) is 24.3 Å². The summed E-state index contributed by atoms with van der Waals surface area (Å²) in [6.45, 7) is 8.11. The maximum atomic E-state index is 13.2. The number of likely N-dealkylation sites (tertiary alicyclic amines) is 2. The summed E-state index contributed by atoms with van der Waals surface area (Å²) in [5, 5.41) is 1.28. The highest BCUT2D eigenvalue weighted by Gasteiger charge is 2.36. The first-order valence-electron chi connectivity index (χ1n) is 12.2. The Hall–Kier alpha value is -1.72. The lowest BCUT2D eigenvalue weighted by molar-refractivity contribution is -0.143. The van der Waals surface area contributed by atoms with E-state index in [0.29, 0.717) is 31.0 Å². The van der Waals surface area contributed by atoms with E-state index in [4.69, 9.17) is 11.6 Å². The van der Waals surface area contributed by atoms with Gasteiger partial charge in [0.25, 0.3) is 10.0 Å². The fourth-order valence-corrected chi connectivity index (χ4v) is 7.76. The first-order valence-corrected chi connectivity index (χ1v) is 14.9. The number of nitrogens with zero attached hydrogens (tertiary/aromatic N) is 3. The lowest BCUT2D eigenvalue weighted by Gasteiger charge is -2.35. The van der Waals surface area contributed by atoms with E-state index in [9.17, 15) is 18.0 Å². The van der Waals surface area contributed by atoms with Crippen LogP contribution in [0.1, 0.15) is 39.5 Å². The Morgan fingerprint density at radius 1 is 1.17 bits per heavy atom. The highest BCUT2D eigenvalue weighted by molar-refractivity contribution is 7.91. The molecule has 1 aromatic carbocycles. The van der Waals surface area contributed by atoms with Gasteiger partial charge < -0.3 is 14.7 Å². The van der Waals surface area contributed by atoms with Crippen molar-refractivity contribution in [3.63, 3.8) is 0 Å². The molecular weight excluding hydrogens is 508 g/mol. The zero-order valence-corrected chi connectivity index (χ0v) is 22.6. The van der Waals surface area contributed by atoms with E-state index in [1.165, 1.54) is 4.90 Å². The Kier molecular flexibility index (Phi) is 8.38. The van der Waals surface area contributed by atoms with Crippen LogP contribution in [0.2, 0.25) is 5.02 Å². The van der Waals surface area contributed by atoms with Crippen LogP contribution in [0.5, 0.6) is 0 Å². The van der Waals surface area contributed by atoms with Gasteiger partial charge in [-0.05, 0) is 68.4 Å². The smallest absolute Gasteiger partial charge is 0.250 e. The molecule has 8 nitrogen and oxygen atoms in total. The van der Waals surface area contributed by atoms with Crippen molar-refractivity contribution >= 4 is 54.9 Å². The Morgan fingerprint density at radius 3 is 2.66 bits per heavy atom. The number of sulfonamides is 1. The van der Waals surface area contributed by atoms with Gasteiger partial charge in [0.1, 0.15) is 10.3 Å². The molecule has 0 aliphatic carbocycles. The summed E-state index contributed by atoms with van der Waals surface area (Å²) in [6, 6.07) is 6.09. The molecule has 2 amide bonds. The summed E-state index contributed by atoms with van der Waals surface area (Å²) >= 11 is 7.17. The number of carbonyl (C=O) groups excluding carboxylic acids is 2. The van der Waals surface area contributed by atoms with Crippen LogP contribution < -0.4 is 4.72 Å². The normalized spacial score (nSPS) is 21.4. The topological polar surface area (TPSA) is 90.0 Å². The van der Waals surface area contributed by atoms with Gasteiger partial charge in [-0.15, -0.1) is 11.3 Å². The summed E-state index contributed by atoms with van der Waals surface area (Å²) in [5.74, 6) is -0.394. The van der Waals surface area contributed by atoms with Gasteiger partial charge in [0.15, 0.2) is 0 Å². The summed E-state index contributed by atoms with van der Waals surface area (Å²) in [5.41, 5.74) is 0. The largest absolute Gasteiger partial charge is 0.337 e. The maximum Gasteiger partial charge on any atom is 0.250 e. The second-order valence-corrected chi connectivity index (χ2v) is 12.7. The zero-order chi connectivity index (χ0) is 25.2. The van der Waals surface area contributed by atoms with Gasteiger partial charge in [0, 0.05) is 35.4 Å². The molecule has 0 unspecified atom stereocenters. The number of amides is 2. The minimum Gasteiger partial charge on any atom is -0.337 e. The van der Waals surface area contributed by atoms with Crippen LogP contribution in [-0.2, 0) is 19.6 Å². The quantitative estimate of drug-likeness (QED) is 0.527. The third kappa shape index (κ3) is 5.99. The van der Waals surface area contributed by atoms with Crippen molar-refractivity contribution in [1.82, 2.24) is 19.4 Å². The molecule has 3 heterocycles. The SMILES string of the molecule is CCN(CC)C[C@@H]1CCCN1C(=O)CN1CCC[C@H](NS(=O)(=O)c2cc3cc(Cl)ccc3s2)C1=O. The molecule has 0 spiro atoms. The Labute approximate surface area is 216 Å². The number of hydrogen-bond donors (Lipinski definition) is 1. The van der Waals surface area contributed by atoms with Gasteiger partial charge in [-0.1, -0.05) is 25.4 Å². The average Bonchev–Trinajstić information content (AvgIpc) is 3.47. The van der Waals surface area contributed by atoms with E-state index < -0.39 is 16.1 Å². The third-order valence-corrected chi connectivity index (χ3v) is 10.2. The number of thiophene rings is 1. The fraction of sp³-hybridized carbons (Fsp3) is 0.583. The molecule has 11 heteroatoms. The predicted octanol–water partition coefficient (Wildman–Crippen LogP) is 3.16. The number of carbonyl (C=O) groups is 2. The van der Waals surface area contributed by atoms with Crippen molar-refractivity contribution < 1.29 is 18.0 Å². The zero-order valence-electron chi connectivity index (χ0n) is 20.2. The molecule has 0 radical (unpaired) electrons. The van der Waals surface area contributed by atoms with Crippen molar-refractivity contribution in [2.45, 2.75) is 55.8 Å². The number of nitrogens with one attached hydrogen (secondary N) is 1. The summed E-state index contributed by atoms with van der Waals surface area (Å²) in [4.78, 5) is 32.0. The molecule has 2 atom stereocenters. The van der Waals surface area contributed by atoms with Gasteiger partial charge in [-0.3, -0.25) is 9.59 Å². The van der Waals surface area contributed by atoms with Crippen molar-refractivity contribution in [3.05, 3.63) is 29.3 Å². The standard InChI is InChI=1S/C24H33ClN4O4S2/c1-3-27(4-2)15-19-7-5-12-29(19)22(30)16-28-11-6-8-20(24(28)31)26-35(32,33)23-14-17-13-18(25)9-10-21(17)34-23/h9-10,13-14,19-20,26H,3-8,11-12,15-16H2,1-2H3/t19-,20-/m0/s1. The van der Waals surface area contributed by atoms with Gasteiger partial charge in [-0.2, -0.15) is 4.72 Å². The first-order chi connectivity index (χ1) is 16.7. The molecule has 0 bridgehead atoms. The Balaban J connectivity index is 1.41. The molecule has 2 fully saturated rings. The van der Waals surface area contributed by atoms with Crippen molar-refractivity contribution in [2.24, 2.45) is 0 Å². The summed E-state index contributed by atoms with van der Waals surface area (Å²) in [6.07, 6.45) is 2.98. The Bertz CT molecular complexity index is 1180. The van der Waals surface area contributed by atoms with Crippen LogP contribution in [0.25, 0.3) is 10.1 Å². The molecule has 2 aromatic rings. The molecule has 192 valence electrons. The lowest BCUT2D eigenvalue weighted by atomic mass is 10.1. The minimum atomic E-state index is -3.89. The highest BCUT2D eigenvalue weighted by Crippen LogP contribution is 2.31. The predicted molar refractivity (Wildman–Crippen MR) is 139 cm³/mol. The number of fused-ring (bicyclic) bond motifs is 1. The molecule has 2 aliphatic rings. The molecule has 2 saturated heterocycles. The van der Waals surface area contributed by atoms with E-state index in [0.717, 1.165) is 53.9 Å². The second-order valence-electron chi connectivity index (χ2n) is 9.19. The van der Waals surface area contributed by atoms with Gasteiger partial charge in [-0.25, -0.2) is 8.42 Å². The van der Waals surface area contributed by atoms with E-state index in [1.807, 2.05) is 4.90 Å². The number of piperidine rings is 1. The van der Waals surface area contributed by atoms with Gasteiger partial charge in [0.05, 0.1) is 6.54 Å². The highest BCUT2D eigenvalue weighted by atomic mass is 35.5. The van der Waals surface area contributed by atoms with Crippen LogP contribution in [0.4, 0.5) is 0 Å². The third-order valence-electron chi connectivity index (χ3n) is 6.94. The molecule has 1 aromatic heterocycles. The summed E-state index contributed by atoms with van der Waals surface area (Å²) < 4.78 is 29.7. The number of rotatable bonds is 9. The van der Waals surface area contributed by atoms with Crippen LogP contribution in [-0.4, -0.2) is 86.3 Å². The second kappa shape index (κ2) is 11.1. The molecular formula is C24H33ClN4O4S2. The van der Waals surface area contributed by atoms with E-state index >= 15 is 0 Å². The maximum absolute atomic E-state index is 13.2. The van der Waals surface area contributed by atoms with Gasteiger partial charge in [0.2, 0.25) is 11.8 Å². The number of likely N-dealkylation sites (N-methyl/N-ethyl adjacent to an activating group) is 1. The lowest BCUT2D eigenvalue weighted by Crippen LogP contribution is -2.55. The van der Waals surface area contributed by atoms with Crippen LogP contribution >= 0.6 is 22.9 Å². The van der Waals surface area contributed by atoms with Crippen molar-refractivity contribution in [1.29, 1.82) is 0 Å². The van der Waals surface area contributed by atoms with Crippen molar-refractivity contribution in [2.75, 3.05) is 39.3 Å². The monoisotopic (exact) mass is 540 g/mol. The first kappa shape index (κ1) is 26.3. The molecule has 35 heavy (non-hydrogen) atoms. The number of hydrogen-bond acceptors (Lipinski definition) is 6. The minimum absolute atomic E-state index is 0.00675. The molecule has 2 aliphatic heterocycles. The Morgan fingerprint density at radius 2 is 1.91 bits per heavy atom. The van der Waals surface area contributed by atoms with E-state index in [-0.39, 0.29) is 28.6 Å². The van der Waals surface area contributed by atoms with Crippen LogP contribution in [0.15, 0.2) is 28.5 Å². The summed E-state index contributed by atoms with van der Waals surface area (Å²) in [7, 11) is -3.89. The van der Waals surface area contributed by atoms with Crippen LogP contribution in [0.3, 0.4) is 0 Å². The number of benzene rings is 1. The molecule has 4 rings (SSSR count). The van der Waals surface area contributed by atoms with Gasteiger partial charge >= 0.3 is 0 Å². The number of halogens is 1. The fourth-order valence-electron chi connectivity index (χ4n) is 4.96. The molecule has 1 N–H and O–H groups in total. The van der Waals surface area contributed by atoms with E-state index in [2.05, 4.69) is 23.5 Å². The molecule has 0 saturated carbocycles. The average molecular weight is 541 g/mol.